The van der Waals surface area contributed by atoms with E-state index in [0.29, 0.717) is 36.6 Å². The van der Waals surface area contributed by atoms with Gasteiger partial charge in [-0.3, -0.25) is 4.79 Å². The Hall–Kier alpha value is -1.40. The minimum absolute atomic E-state index is 0.119. The molecule has 1 aromatic heterocycles. The lowest BCUT2D eigenvalue weighted by molar-refractivity contribution is -0.116. The van der Waals surface area contributed by atoms with Gasteiger partial charge in [-0.2, -0.15) is 0 Å². The van der Waals surface area contributed by atoms with Crippen LogP contribution in [0.25, 0.3) is 0 Å². The molecule has 1 N–H and O–H groups in total. The highest BCUT2D eigenvalue weighted by Crippen LogP contribution is 2.28. The number of rotatable bonds is 7. The van der Waals surface area contributed by atoms with Gasteiger partial charge in [-0.25, -0.2) is 4.79 Å². The van der Waals surface area contributed by atoms with E-state index < -0.39 is 5.97 Å². The fourth-order valence-electron chi connectivity index (χ4n) is 1.52. The zero-order valence-electron chi connectivity index (χ0n) is 11.4. The second kappa shape index (κ2) is 7.91. The maximum absolute atomic E-state index is 11.8. The summed E-state index contributed by atoms with van der Waals surface area (Å²) in [5.41, 5.74) is 1.42. The highest BCUT2D eigenvalue weighted by atomic mass is 32.1. The number of esters is 1. The molecule has 0 aliphatic carbocycles. The Morgan fingerprint density at radius 1 is 1.42 bits per heavy atom. The van der Waals surface area contributed by atoms with Gasteiger partial charge >= 0.3 is 5.97 Å². The van der Waals surface area contributed by atoms with Crippen LogP contribution in [0.5, 0.6) is 0 Å². The van der Waals surface area contributed by atoms with Gasteiger partial charge in [0, 0.05) is 19.6 Å². The average molecular weight is 285 g/mol. The third-order valence-electron chi connectivity index (χ3n) is 2.51. The summed E-state index contributed by atoms with van der Waals surface area (Å²) in [4.78, 5) is 23.7. The topological polar surface area (TPSA) is 64.6 Å². The van der Waals surface area contributed by atoms with Crippen LogP contribution in [0.2, 0.25) is 0 Å². The third kappa shape index (κ3) is 4.65. The van der Waals surface area contributed by atoms with Gasteiger partial charge < -0.3 is 14.8 Å². The lowest BCUT2D eigenvalue weighted by Crippen LogP contribution is -2.15. The number of anilines is 1. The molecule has 0 radical (unpaired) electrons. The molecule has 1 amide bonds. The molecule has 0 aliphatic heterocycles. The summed E-state index contributed by atoms with van der Waals surface area (Å²) in [5.74, 6) is -0.547. The molecule has 19 heavy (non-hydrogen) atoms. The molecule has 0 unspecified atom stereocenters. The summed E-state index contributed by atoms with van der Waals surface area (Å²) in [7, 11) is 1.32. The Labute approximate surface area is 116 Å². The van der Waals surface area contributed by atoms with E-state index in [1.165, 1.54) is 18.4 Å². The number of ether oxygens (including phenoxy) is 2. The molecule has 0 saturated heterocycles. The van der Waals surface area contributed by atoms with Gasteiger partial charge in [0.2, 0.25) is 5.91 Å². The summed E-state index contributed by atoms with van der Waals surface area (Å²) in [6.45, 7) is 4.98. The van der Waals surface area contributed by atoms with Gasteiger partial charge in [-0.15, -0.1) is 11.3 Å². The first kappa shape index (κ1) is 15.7. The predicted molar refractivity (Wildman–Crippen MR) is 74.8 cm³/mol. The summed E-state index contributed by atoms with van der Waals surface area (Å²) >= 11 is 1.27. The summed E-state index contributed by atoms with van der Waals surface area (Å²) in [5, 5.41) is 4.59. The van der Waals surface area contributed by atoms with Crippen LogP contribution in [0.1, 0.15) is 35.0 Å². The zero-order chi connectivity index (χ0) is 14.3. The standard InChI is InChI=1S/C13H19NO4S/c1-4-18-7-5-6-10(15)14-11-9(2)8-19-12(11)13(16)17-3/h8H,4-7H2,1-3H3,(H,14,15). The number of amides is 1. The van der Waals surface area contributed by atoms with Crippen LogP contribution in [0, 0.1) is 6.92 Å². The van der Waals surface area contributed by atoms with Gasteiger partial charge in [0.25, 0.3) is 0 Å². The van der Waals surface area contributed by atoms with E-state index in [1.807, 2.05) is 19.2 Å². The highest BCUT2D eigenvalue weighted by molar-refractivity contribution is 7.12. The molecule has 0 aromatic carbocycles. The van der Waals surface area contributed by atoms with E-state index in [0.717, 1.165) is 5.56 Å². The molecule has 0 spiro atoms. The molecule has 0 aliphatic rings. The van der Waals surface area contributed by atoms with Crippen LogP contribution >= 0.6 is 11.3 Å². The Morgan fingerprint density at radius 2 is 2.16 bits per heavy atom. The molecule has 1 aromatic rings. The number of carbonyl (C=O) groups excluding carboxylic acids is 2. The van der Waals surface area contributed by atoms with Gasteiger partial charge in [0.15, 0.2) is 0 Å². The maximum Gasteiger partial charge on any atom is 0.350 e. The monoisotopic (exact) mass is 285 g/mol. The molecule has 6 heteroatoms. The predicted octanol–water partition coefficient (Wildman–Crippen LogP) is 2.60. The highest BCUT2D eigenvalue weighted by Gasteiger charge is 2.18. The van der Waals surface area contributed by atoms with Crippen LogP contribution in [-0.2, 0) is 14.3 Å². The van der Waals surface area contributed by atoms with Gasteiger partial charge in [0.1, 0.15) is 4.88 Å². The minimum Gasteiger partial charge on any atom is -0.465 e. The first-order valence-corrected chi connectivity index (χ1v) is 7.02. The van der Waals surface area contributed by atoms with Crippen molar-refractivity contribution in [2.45, 2.75) is 26.7 Å². The van der Waals surface area contributed by atoms with Crippen molar-refractivity contribution in [1.29, 1.82) is 0 Å². The van der Waals surface area contributed by atoms with E-state index in [1.54, 1.807) is 0 Å². The number of carbonyl (C=O) groups is 2. The Bertz CT molecular complexity index is 442. The Balaban J connectivity index is 2.58. The van der Waals surface area contributed by atoms with Crippen molar-refractivity contribution in [2.75, 3.05) is 25.6 Å². The van der Waals surface area contributed by atoms with Crippen LogP contribution in [0.4, 0.5) is 5.69 Å². The minimum atomic E-state index is -0.428. The summed E-state index contributed by atoms with van der Waals surface area (Å²) < 4.78 is 9.86. The molecule has 5 nitrogen and oxygen atoms in total. The number of nitrogens with one attached hydrogen (secondary N) is 1. The molecule has 1 heterocycles. The van der Waals surface area contributed by atoms with Crippen molar-refractivity contribution in [3.8, 4) is 0 Å². The normalized spacial score (nSPS) is 10.3. The van der Waals surface area contributed by atoms with Crippen LogP contribution in [0.3, 0.4) is 0 Å². The fraction of sp³-hybridized carbons (Fsp3) is 0.538. The number of methoxy groups -OCH3 is 1. The van der Waals surface area contributed by atoms with Crippen molar-refractivity contribution >= 4 is 28.9 Å². The lowest BCUT2D eigenvalue weighted by Gasteiger charge is -2.07. The number of hydrogen-bond donors (Lipinski definition) is 1. The van der Waals surface area contributed by atoms with Gasteiger partial charge in [0.05, 0.1) is 12.8 Å². The summed E-state index contributed by atoms with van der Waals surface area (Å²) in [6, 6.07) is 0. The smallest absolute Gasteiger partial charge is 0.350 e. The number of aryl methyl sites for hydroxylation is 1. The second-order valence-electron chi connectivity index (χ2n) is 3.96. The van der Waals surface area contributed by atoms with Crippen LogP contribution in [-0.4, -0.2) is 32.2 Å². The molecule has 0 saturated carbocycles. The first-order valence-electron chi connectivity index (χ1n) is 6.14. The second-order valence-corrected chi connectivity index (χ2v) is 4.84. The van der Waals surface area contributed by atoms with E-state index in [2.05, 4.69) is 10.1 Å². The Morgan fingerprint density at radius 3 is 2.79 bits per heavy atom. The van der Waals surface area contributed by atoms with Crippen LogP contribution < -0.4 is 5.32 Å². The van der Waals surface area contributed by atoms with E-state index >= 15 is 0 Å². The van der Waals surface area contributed by atoms with Crippen molar-refractivity contribution < 1.29 is 19.1 Å². The summed E-state index contributed by atoms with van der Waals surface area (Å²) in [6.07, 6.45) is 1.03. The maximum atomic E-state index is 11.8. The first-order chi connectivity index (χ1) is 9.10. The molecule has 0 bridgehead atoms. The number of hydrogen-bond acceptors (Lipinski definition) is 5. The van der Waals surface area contributed by atoms with E-state index in [4.69, 9.17) is 4.74 Å². The van der Waals surface area contributed by atoms with Gasteiger partial charge in [-0.1, -0.05) is 0 Å². The molecule has 1 rings (SSSR count). The fourth-order valence-corrected chi connectivity index (χ4v) is 2.45. The molecule has 0 atom stereocenters. The molecular weight excluding hydrogens is 266 g/mol. The van der Waals surface area contributed by atoms with E-state index in [9.17, 15) is 9.59 Å². The van der Waals surface area contributed by atoms with Gasteiger partial charge in [-0.05, 0) is 31.2 Å². The van der Waals surface area contributed by atoms with Crippen molar-refractivity contribution in [1.82, 2.24) is 0 Å². The lowest BCUT2D eigenvalue weighted by atomic mass is 10.2. The Kier molecular flexibility index (Phi) is 6.52. The molecule has 0 fully saturated rings. The van der Waals surface area contributed by atoms with Crippen molar-refractivity contribution in [2.24, 2.45) is 0 Å². The van der Waals surface area contributed by atoms with Crippen LogP contribution in [0.15, 0.2) is 5.38 Å². The molecule has 106 valence electrons. The SMILES string of the molecule is CCOCCCC(=O)Nc1c(C)csc1C(=O)OC. The van der Waals surface area contributed by atoms with E-state index in [-0.39, 0.29) is 5.91 Å². The zero-order valence-corrected chi connectivity index (χ0v) is 12.3. The third-order valence-corrected chi connectivity index (χ3v) is 3.58. The average Bonchev–Trinajstić information content (AvgIpc) is 2.75. The molecular formula is C13H19NO4S. The van der Waals surface area contributed by atoms with Crippen molar-refractivity contribution in [3.05, 3.63) is 15.8 Å². The number of thiophene rings is 1. The largest absolute Gasteiger partial charge is 0.465 e. The van der Waals surface area contributed by atoms with Crippen molar-refractivity contribution in [3.63, 3.8) is 0 Å². The quantitative estimate of drug-likeness (QED) is 0.618.